The number of likely N-dealkylation sites (tertiary alicyclic amines) is 1. The molecule has 0 spiro atoms. The minimum absolute atomic E-state index is 0.112. The standard InChI is InChI=1S/C32H37Cl2N5O5/c1-2-43-30(40)4-3-22-5-7-37(8-6-22)21-23-13-24(25-15-26(33)18-27(34)16-25)17-28(14-23)44-29-19-35-31(36-20-29)38-9-11-39(12-10-38)32(41)42/h13-20,22H,2-12,21H2,1H3,(H,41,42). The molecule has 2 aliphatic rings. The van der Waals surface area contributed by atoms with E-state index in [1.165, 1.54) is 4.90 Å². The van der Waals surface area contributed by atoms with E-state index in [1.807, 2.05) is 36.1 Å². The van der Waals surface area contributed by atoms with Gasteiger partial charge in [0.25, 0.3) is 0 Å². The molecule has 3 aromatic rings. The fraction of sp³-hybridized carbons (Fsp3) is 0.438. The number of aromatic nitrogens is 2. The van der Waals surface area contributed by atoms with Crippen molar-refractivity contribution in [2.45, 2.75) is 39.2 Å². The Labute approximate surface area is 267 Å². The van der Waals surface area contributed by atoms with Gasteiger partial charge in [0.05, 0.1) is 19.0 Å². The van der Waals surface area contributed by atoms with Gasteiger partial charge in [-0.2, -0.15) is 0 Å². The topological polar surface area (TPSA) is 108 Å². The summed E-state index contributed by atoms with van der Waals surface area (Å²) in [6.45, 7) is 6.79. The first-order valence-corrected chi connectivity index (χ1v) is 15.7. The number of rotatable bonds is 10. The molecule has 3 heterocycles. The highest BCUT2D eigenvalue weighted by Crippen LogP contribution is 2.33. The van der Waals surface area contributed by atoms with Crippen LogP contribution >= 0.6 is 23.2 Å². The van der Waals surface area contributed by atoms with Crippen LogP contribution in [0.4, 0.5) is 10.7 Å². The summed E-state index contributed by atoms with van der Waals surface area (Å²) in [5, 5.41) is 10.3. The van der Waals surface area contributed by atoms with Crippen molar-refractivity contribution in [1.29, 1.82) is 0 Å². The molecule has 1 amide bonds. The van der Waals surface area contributed by atoms with Crippen LogP contribution in [0.1, 0.15) is 38.2 Å². The summed E-state index contributed by atoms with van der Waals surface area (Å²) < 4.78 is 11.3. The summed E-state index contributed by atoms with van der Waals surface area (Å²) in [6, 6.07) is 11.6. The van der Waals surface area contributed by atoms with Crippen LogP contribution in [0.2, 0.25) is 10.0 Å². The monoisotopic (exact) mass is 641 g/mol. The van der Waals surface area contributed by atoms with E-state index < -0.39 is 6.09 Å². The predicted molar refractivity (Wildman–Crippen MR) is 170 cm³/mol. The summed E-state index contributed by atoms with van der Waals surface area (Å²) in [6.07, 6.45) is 5.80. The molecule has 2 aliphatic heterocycles. The van der Waals surface area contributed by atoms with Gasteiger partial charge < -0.3 is 24.4 Å². The third-order valence-electron chi connectivity index (χ3n) is 8.02. The number of hydrogen-bond donors (Lipinski definition) is 1. The summed E-state index contributed by atoms with van der Waals surface area (Å²) >= 11 is 12.7. The SMILES string of the molecule is CCOC(=O)CCC1CCN(Cc2cc(Oc3cnc(N4CCN(C(=O)O)CC4)nc3)cc(-c3cc(Cl)cc(Cl)c3)c2)CC1. The van der Waals surface area contributed by atoms with Crippen molar-refractivity contribution in [3.05, 3.63) is 64.4 Å². The lowest BCUT2D eigenvalue weighted by atomic mass is 9.92. The number of ether oxygens (including phenoxy) is 2. The minimum Gasteiger partial charge on any atom is -0.466 e. The lowest BCUT2D eigenvalue weighted by molar-refractivity contribution is -0.143. The molecule has 0 radical (unpaired) electrons. The van der Waals surface area contributed by atoms with Crippen molar-refractivity contribution in [3.63, 3.8) is 0 Å². The Morgan fingerprint density at radius 1 is 0.886 bits per heavy atom. The maximum Gasteiger partial charge on any atom is 0.407 e. The van der Waals surface area contributed by atoms with Gasteiger partial charge in [0.2, 0.25) is 5.95 Å². The van der Waals surface area contributed by atoms with E-state index in [0.717, 1.165) is 55.6 Å². The number of benzene rings is 2. The van der Waals surface area contributed by atoms with Gasteiger partial charge >= 0.3 is 12.1 Å². The molecule has 12 heteroatoms. The molecule has 44 heavy (non-hydrogen) atoms. The van der Waals surface area contributed by atoms with Gasteiger partial charge in [0, 0.05) is 49.2 Å². The second-order valence-corrected chi connectivity index (χ2v) is 12.0. The van der Waals surface area contributed by atoms with Gasteiger partial charge in [-0.05, 0) is 98.3 Å². The average molecular weight is 643 g/mol. The van der Waals surface area contributed by atoms with Crippen molar-refractivity contribution in [3.8, 4) is 22.6 Å². The third kappa shape index (κ3) is 8.74. The van der Waals surface area contributed by atoms with Crippen molar-refractivity contribution >= 4 is 41.2 Å². The van der Waals surface area contributed by atoms with Crippen molar-refractivity contribution in [2.24, 2.45) is 5.92 Å². The molecule has 0 bridgehead atoms. The van der Waals surface area contributed by atoms with Crippen LogP contribution in [0.25, 0.3) is 11.1 Å². The second kappa shape index (κ2) is 14.9. The second-order valence-electron chi connectivity index (χ2n) is 11.2. The van der Waals surface area contributed by atoms with Gasteiger partial charge in [0.15, 0.2) is 5.75 Å². The number of carbonyl (C=O) groups is 2. The van der Waals surface area contributed by atoms with E-state index >= 15 is 0 Å². The van der Waals surface area contributed by atoms with E-state index in [9.17, 15) is 14.7 Å². The maximum atomic E-state index is 11.8. The molecular weight excluding hydrogens is 605 g/mol. The third-order valence-corrected chi connectivity index (χ3v) is 8.46. The van der Waals surface area contributed by atoms with E-state index in [1.54, 1.807) is 18.5 Å². The van der Waals surface area contributed by atoms with Gasteiger partial charge in [-0.1, -0.05) is 23.2 Å². The number of halogens is 2. The summed E-state index contributed by atoms with van der Waals surface area (Å²) in [7, 11) is 0. The number of hydrogen-bond acceptors (Lipinski definition) is 8. The van der Waals surface area contributed by atoms with E-state index in [4.69, 9.17) is 32.7 Å². The summed E-state index contributed by atoms with van der Waals surface area (Å²) in [5.41, 5.74) is 2.91. The number of carboxylic acid groups (broad SMARTS) is 1. The van der Waals surface area contributed by atoms with Crippen LogP contribution in [-0.4, -0.2) is 82.8 Å². The number of piperazine rings is 1. The number of nitrogens with zero attached hydrogens (tertiary/aromatic N) is 5. The highest BCUT2D eigenvalue weighted by Gasteiger charge is 2.23. The fourth-order valence-electron chi connectivity index (χ4n) is 5.70. The number of carbonyl (C=O) groups excluding carboxylic acids is 1. The Bertz CT molecular complexity index is 1420. The van der Waals surface area contributed by atoms with Crippen LogP contribution in [0.3, 0.4) is 0 Å². The van der Waals surface area contributed by atoms with Crippen molar-refractivity contribution in [2.75, 3.05) is 50.8 Å². The van der Waals surface area contributed by atoms with Gasteiger partial charge in [-0.15, -0.1) is 0 Å². The molecule has 1 aromatic heterocycles. The van der Waals surface area contributed by atoms with E-state index in [0.29, 0.717) is 72.6 Å². The first-order valence-electron chi connectivity index (χ1n) is 15.0. The van der Waals surface area contributed by atoms with Crippen LogP contribution in [0.5, 0.6) is 11.5 Å². The maximum absolute atomic E-state index is 11.8. The molecule has 0 saturated carbocycles. The Balaban J connectivity index is 1.28. The Morgan fingerprint density at radius 2 is 1.55 bits per heavy atom. The molecule has 10 nitrogen and oxygen atoms in total. The highest BCUT2D eigenvalue weighted by atomic mass is 35.5. The van der Waals surface area contributed by atoms with Gasteiger partial charge in [-0.25, -0.2) is 14.8 Å². The normalized spacial score (nSPS) is 16.2. The number of amides is 1. The zero-order valence-electron chi connectivity index (χ0n) is 24.8. The number of esters is 1. The summed E-state index contributed by atoms with van der Waals surface area (Å²) in [4.78, 5) is 37.7. The van der Waals surface area contributed by atoms with Crippen molar-refractivity contribution in [1.82, 2.24) is 19.8 Å². The molecule has 234 valence electrons. The predicted octanol–water partition coefficient (Wildman–Crippen LogP) is 6.60. The zero-order chi connectivity index (χ0) is 31.1. The van der Waals surface area contributed by atoms with Crippen LogP contribution in [-0.2, 0) is 16.1 Å². The van der Waals surface area contributed by atoms with Crippen LogP contribution in [0, 0.1) is 5.92 Å². The molecule has 0 unspecified atom stereocenters. The first-order chi connectivity index (χ1) is 21.2. The number of piperidine rings is 1. The molecule has 2 aromatic carbocycles. The average Bonchev–Trinajstić information content (AvgIpc) is 3.01. The van der Waals surface area contributed by atoms with Gasteiger partial charge in [-0.3, -0.25) is 9.69 Å². The molecule has 5 rings (SSSR count). The fourth-order valence-corrected chi connectivity index (χ4v) is 6.23. The quantitative estimate of drug-likeness (QED) is 0.245. The molecule has 2 fully saturated rings. The Kier molecular flexibility index (Phi) is 10.8. The minimum atomic E-state index is -0.911. The molecule has 0 atom stereocenters. The lowest BCUT2D eigenvalue weighted by Crippen LogP contribution is -2.48. The molecule has 0 aliphatic carbocycles. The van der Waals surface area contributed by atoms with Crippen LogP contribution < -0.4 is 9.64 Å². The van der Waals surface area contributed by atoms with Crippen molar-refractivity contribution < 1.29 is 24.2 Å². The Hall–Kier alpha value is -3.60. The number of anilines is 1. The zero-order valence-corrected chi connectivity index (χ0v) is 26.3. The van der Waals surface area contributed by atoms with E-state index in [-0.39, 0.29) is 5.97 Å². The van der Waals surface area contributed by atoms with E-state index in [2.05, 4.69) is 20.9 Å². The first kappa shape index (κ1) is 31.8. The molecule has 1 N–H and O–H groups in total. The highest BCUT2D eigenvalue weighted by molar-refractivity contribution is 6.35. The van der Waals surface area contributed by atoms with Gasteiger partial charge in [0.1, 0.15) is 5.75 Å². The molecular formula is C32H37Cl2N5O5. The molecule has 2 saturated heterocycles. The Morgan fingerprint density at radius 3 is 2.18 bits per heavy atom. The van der Waals surface area contributed by atoms with Crippen LogP contribution in [0.15, 0.2) is 48.8 Å². The summed E-state index contributed by atoms with van der Waals surface area (Å²) in [5.74, 6) is 2.09. The largest absolute Gasteiger partial charge is 0.466 e. The lowest BCUT2D eigenvalue weighted by Gasteiger charge is -2.33. The smallest absolute Gasteiger partial charge is 0.407 e.